The van der Waals surface area contributed by atoms with E-state index in [1.807, 2.05) is 24.5 Å². The molecule has 6 heteroatoms. The van der Waals surface area contributed by atoms with Gasteiger partial charge in [-0.3, -0.25) is 4.79 Å². The number of rotatable bonds is 15. The zero-order chi connectivity index (χ0) is 28.0. The van der Waals surface area contributed by atoms with Crippen molar-refractivity contribution < 1.29 is 14.3 Å². The number of unbranched alkanes of at least 4 members (excludes halogenated alkanes) is 1. The molecule has 1 N–H and O–H groups in total. The fourth-order valence-corrected chi connectivity index (χ4v) is 6.08. The fourth-order valence-electron chi connectivity index (χ4n) is 5.60. The van der Waals surface area contributed by atoms with Gasteiger partial charge in [-0.25, -0.2) is 4.79 Å². The molecule has 1 fully saturated rings. The molecule has 5 nitrogen and oxygen atoms in total. The molecule has 3 rings (SSSR count). The molecular formula is C33H48N2O3S. The van der Waals surface area contributed by atoms with E-state index in [0.29, 0.717) is 12.0 Å². The maximum Gasteiger partial charge on any atom is 0.328 e. The molecule has 2 aromatic carbocycles. The van der Waals surface area contributed by atoms with Crippen molar-refractivity contribution in [2.75, 3.05) is 38.8 Å². The number of hydrogen-bond donors (Lipinski definition) is 1. The van der Waals surface area contributed by atoms with E-state index in [1.54, 1.807) is 11.8 Å². The average Bonchev–Trinajstić information content (AvgIpc) is 2.96. The van der Waals surface area contributed by atoms with Crippen molar-refractivity contribution >= 4 is 23.6 Å². The smallest absolute Gasteiger partial charge is 0.328 e. The molecule has 0 spiro atoms. The molecule has 0 aromatic heterocycles. The van der Waals surface area contributed by atoms with Gasteiger partial charge in [0.25, 0.3) is 5.91 Å². The highest BCUT2D eigenvalue weighted by Gasteiger charge is 2.24. The Kier molecular flexibility index (Phi) is 13.4. The number of nitrogens with zero attached hydrogens (tertiary/aromatic N) is 1. The lowest BCUT2D eigenvalue weighted by Crippen LogP contribution is -2.42. The van der Waals surface area contributed by atoms with Crippen LogP contribution in [0.4, 0.5) is 0 Å². The molecule has 1 aliphatic carbocycles. The highest BCUT2D eigenvalue weighted by Crippen LogP contribution is 2.29. The largest absolute Gasteiger partial charge is 0.467 e. The van der Waals surface area contributed by atoms with Crippen LogP contribution in [0.3, 0.4) is 0 Å². The first-order valence-electron chi connectivity index (χ1n) is 14.8. The summed E-state index contributed by atoms with van der Waals surface area (Å²) in [5.41, 5.74) is 4.92. The molecule has 2 aromatic rings. The van der Waals surface area contributed by atoms with Crippen LogP contribution in [0, 0.1) is 12.8 Å². The number of thioether (sulfide) groups is 1. The Morgan fingerprint density at radius 3 is 2.54 bits per heavy atom. The number of aryl methyl sites for hydroxylation is 1. The van der Waals surface area contributed by atoms with Gasteiger partial charge in [-0.05, 0) is 91.8 Å². The third kappa shape index (κ3) is 9.68. The summed E-state index contributed by atoms with van der Waals surface area (Å²) in [7, 11) is 1.37. The molecule has 214 valence electrons. The van der Waals surface area contributed by atoms with E-state index in [9.17, 15) is 9.59 Å². The predicted octanol–water partition coefficient (Wildman–Crippen LogP) is 6.91. The van der Waals surface area contributed by atoms with Crippen LogP contribution in [0.15, 0.2) is 42.5 Å². The number of benzene rings is 2. The molecule has 0 radical (unpaired) electrons. The summed E-state index contributed by atoms with van der Waals surface area (Å²) in [6, 6.07) is 13.7. The second-order valence-corrected chi connectivity index (χ2v) is 11.9. The second kappa shape index (κ2) is 16.7. The van der Waals surface area contributed by atoms with Gasteiger partial charge in [0.2, 0.25) is 0 Å². The molecular weight excluding hydrogens is 504 g/mol. The van der Waals surface area contributed by atoms with Crippen molar-refractivity contribution in [1.82, 2.24) is 10.2 Å². The Morgan fingerprint density at radius 1 is 1.08 bits per heavy atom. The molecule has 1 amide bonds. The first-order chi connectivity index (χ1) is 19.0. The van der Waals surface area contributed by atoms with Crippen molar-refractivity contribution in [3.8, 4) is 11.1 Å². The van der Waals surface area contributed by atoms with E-state index in [4.69, 9.17) is 4.74 Å². The fraction of sp³-hybridized carbons (Fsp3) is 0.576. The summed E-state index contributed by atoms with van der Waals surface area (Å²) in [5.74, 6) is 0.951. The first-order valence-corrected chi connectivity index (χ1v) is 16.1. The number of nitrogens with one attached hydrogen (secondary N) is 1. The number of ether oxygens (including phenoxy) is 1. The molecule has 0 bridgehead atoms. The van der Waals surface area contributed by atoms with Crippen LogP contribution in [0.25, 0.3) is 11.1 Å². The van der Waals surface area contributed by atoms with E-state index in [2.05, 4.69) is 48.3 Å². The number of methoxy groups -OCH3 is 1. The van der Waals surface area contributed by atoms with E-state index >= 15 is 0 Å². The first kappa shape index (κ1) is 31.2. The highest BCUT2D eigenvalue weighted by molar-refractivity contribution is 7.98. The normalized spacial score (nSPS) is 14.8. The standard InChI is InChI=1S/C33H48N2O3S/c1-5-6-20-35(24-27-13-8-7-9-14-27)21-18-26-16-17-29(30(23-26)28-15-11-10-12-25(28)2)32(36)34-31(19-22-39-4)33(37)38-3/h10-12,15-17,23,27,31H,5-9,13-14,18-22,24H2,1-4H3,(H,34,36). The topological polar surface area (TPSA) is 58.6 Å². The van der Waals surface area contributed by atoms with Gasteiger partial charge in [0, 0.05) is 18.7 Å². The van der Waals surface area contributed by atoms with Crippen LogP contribution in [0.2, 0.25) is 0 Å². The number of amides is 1. The maximum atomic E-state index is 13.5. The summed E-state index contributed by atoms with van der Waals surface area (Å²) in [4.78, 5) is 28.6. The summed E-state index contributed by atoms with van der Waals surface area (Å²) >= 11 is 1.64. The van der Waals surface area contributed by atoms with Gasteiger partial charge in [-0.2, -0.15) is 11.8 Å². The van der Waals surface area contributed by atoms with Gasteiger partial charge < -0.3 is 15.0 Å². The molecule has 0 aliphatic heterocycles. The zero-order valence-corrected chi connectivity index (χ0v) is 25.3. The van der Waals surface area contributed by atoms with E-state index in [-0.39, 0.29) is 5.91 Å². The minimum absolute atomic E-state index is 0.238. The molecule has 39 heavy (non-hydrogen) atoms. The number of carbonyl (C=O) groups excluding carboxylic acids is 2. The summed E-state index contributed by atoms with van der Waals surface area (Å²) in [6.07, 6.45) is 12.8. The Morgan fingerprint density at radius 2 is 1.85 bits per heavy atom. The number of hydrogen-bond acceptors (Lipinski definition) is 5. The molecule has 1 unspecified atom stereocenters. The van der Waals surface area contributed by atoms with Crippen LogP contribution >= 0.6 is 11.8 Å². The molecule has 1 atom stereocenters. The van der Waals surface area contributed by atoms with Gasteiger partial charge in [0.05, 0.1) is 7.11 Å². The van der Waals surface area contributed by atoms with Gasteiger partial charge in [0.15, 0.2) is 0 Å². The van der Waals surface area contributed by atoms with Crippen LogP contribution in [0.1, 0.15) is 79.8 Å². The SMILES string of the molecule is CCCCN(CCc1ccc(C(=O)NC(CCSC)C(=O)OC)c(-c2ccccc2C)c1)CC1CCCCC1. The van der Waals surface area contributed by atoms with E-state index in [0.717, 1.165) is 47.9 Å². The minimum Gasteiger partial charge on any atom is -0.467 e. The molecule has 0 saturated heterocycles. The summed E-state index contributed by atoms with van der Waals surface area (Å²) < 4.78 is 4.97. The maximum absolute atomic E-state index is 13.5. The number of esters is 1. The molecule has 1 saturated carbocycles. The number of carbonyl (C=O) groups is 2. The Labute approximate surface area is 240 Å². The van der Waals surface area contributed by atoms with Gasteiger partial charge in [0.1, 0.15) is 6.04 Å². The summed E-state index contributed by atoms with van der Waals surface area (Å²) in [6.45, 7) is 7.74. The van der Waals surface area contributed by atoms with Gasteiger partial charge in [-0.15, -0.1) is 0 Å². The predicted molar refractivity (Wildman–Crippen MR) is 165 cm³/mol. The van der Waals surface area contributed by atoms with Crippen molar-refractivity contribution in [3.63, 3.8) is 0 Å². The Hall–Kier alpha value is -2.31. The van der Waals surface area contributed by atoms with Gasteiger partial charge in [-0.1, -0.05) is 69.0 Å². The average molecular weight is 553 g/mol. The van der Waals surface area contributed by atoms with Crippen LogP contribution < -0.4 is 5.32 Å². The third-order valence-electron chi connectivity index (χ3n) is 7.95. The minimum atomic E-state index is -0.661. The Balaban J connectivity index is 1.83. The lowest BCUT2D eigenvalue weighted by Gasteiger charge is -2.30. The summed E-state index contributed by atoms with van der Waals surface area (Å²) in [5, 5.41) is 2.95. The van der Waals surface area contributed by atoms with Crippen LogP contribution in [0.5, 0.6) is 0 Å². The van der Waals surface area contributed by atoms with Crippen molar-refractivity contribution in [3.05, 3.63) is 59.2 Å². The highest BCUT2D eigenvalue weighted by atomic mass is 32.2. The second-order valence-electron chi connectivity index (χ2n) is 10.9. The Bertz CT molecular complexity index is 1050. The third-order valence-corrected chi connectivity index (χ3v) is 8.60. The van der Waals surface area contributed by atoms with E-state index in [1.165, 1.54) is 64.2 Å². The molecule has 0 heterocycles. The quantitative estimate of drug-likeness (QED) is 0.243. The monoisotopic (exact) mass is 552 g/mol. The zero-order valence-electron chi connectivity index (χ0n) is 24.5. The van der Waals surface area contributed by atoms with Crippen molar-refractivity contribution in [2.24, 2.45) is 5.92 Å². The van der Waals surface area contributed by atoms with Gasteiger partial charge >= 0.3 is 5.97 Å². The van der Waals surface area contributed by atoms with Crippen LogP contribution in [-0.4, -0.2) is 61.6 Å². The van der Waals surface area contributed by atoms with Crippen molar-refractivity contribution in [2.45, 2.75) is 77.7 Å². The van der Waals surface area contributed by atoms with Crippen LogP contribution in [-0.2, 0) is 16.0 Å². The van der Waals surface area contributed by atoms with Crippen molar-refractivity contribution in [1.29, 1.82) is 0 Å². The van der Waals surface area contributed by atoms with E-state index < -0.39 is 12.0 Å². The lowest BCUT2D eigenvalue weighted by molar-refractivity contribution is -0.142. The lowest BCUT2D eigenvalue weighted by atomic mass is 9.88. The molecule has 1 aliphatic rings.